The summed E-state index contributed by atoms with van der Waals surface area (Å²) in [5.41, 5.74) is 3.33. The van der Waals surface area contributed by atoms with Crippen LogP contribution in [-0.4, -0.2) is 47.3 Å². The van der Waals surface area contributed by atoms with Crippen molar-refractivity contribution in [3.8, 4) is 5.75 Å². The van der Waals surface area contributed by atoms with Crippen LogP contribution in [0.25, 0.3) is 5.65 Å². The Morgan fingerprint density at radius 3 is 2.55 bits per heavy atom. The number of anilines is 2. The summed E-state index contributed by atoms with van der Waals surface area (Å²) in [7, 11) is 0. The second-order valence-electron chi connectivity index (χ2n) is 9.62. The van der Waals surface area contributed by atoms with Gasteiger partial charge >= 0.3 is 6.36 Å². The molecule has 1 aliphatic heterocycles. The number of alkyl halides is 3. The van der Waals surface area contributed by atoms with Crippen LogP contribution in [0.2, 0.25) is 5.02 Å². The van der Waals surface area contributed by atoms with Crippen molar-refractivity contribution in [2.24, 2.45) is 0 Å². The van der Waals surface area contributed by atoms with Crippen LogP contribution in [-0.2, 0) is 6.54 Å². The molecule has 12 heteroatoms. The zero-order chi connectivity index (χ0) is 28.6. The third-order valence-corrected chi connectivity index (χ3v) is 7.03. The lowest BCUT2D eigenvalue weighted by Crippen LogP contribution is -2.52. The van der Waals surface area contributed by atoms with Crippen LogP contribution < -0.4 is 19.9 Å². The van der Waals surface area contributed by atoms with Crippen molar-refractivity contribution in [1.82, 2.24) is 14.7 Å². The molecule has 1 saturated heterocycles. The van der Waals surface area contributed by atoms with Crippen LogP contribution in [0, 0.1) is 12.7 Å². The molecule has 0 saturated carbocycles. The summed E-state index contributed by atoms with van der Waals surface area (Å²) in [5, 5.41) is 3.30. The number of aryl methyl sites for hydroxylation is 1. The molecule has 0 unspecified atom stereocenters. The Bertz CT molecular complexity index is 1540. The summed E-state index contributed by atoms with van der Waals surface area (Å²) in [4.78, 5) is 21.3. The standard InChI is InChI=1S/C28H26ClF4N5O2/c1-17-15-36(11-12-37(17)21-5-7-22(8-6-21)40-28(31,32)33)24-9-3-19(13-23(24)30)14-34-27(39)26-18(2)35-25-10-4-20(29)16-38(25)26/h3-10,13,16-17H,11-12,14-15H2,1-2H3,(H,34,39)/t17-/m1/s1. The zero-order valence-electron chi connectivity index (χ0n) is 21.7. The van der Waals surface area contributed by atoms with Gasteiger partial charge in [0.15, 0.2) is 0 Å². The second-order valence-corrected chi connectivity index (χ2v) is 10.1. The molecular formula is C28H26ClF4N5O2. The normalized spacial score (nSPS) is 15.9. The Morgan fingerprint density at radius 2 is 1.88 bits per heavy atom. The highest BCUT2D eigenvalue weighted by Gasteiger charge is 2.31. The summed E-state index contributed by atoms with van der Waals surface area (Å²) >= 11 is 6.08. The fraction of sp³-hybridized carbons (Fsp3) is 0.286. The van der Waals surface area contributed by atoms with Gasteiger partial charge in [-0.3, -0.25) is 9.20 Å². The van der Waals surface area contributed by atoms with Crippen molar-refractivity contribution in [2.45, 2.75) is 32.8 Å². The van der Waals surface area contributed by atoms with Gasteiger partial charge < -0.3 is 19.9 Å². The van der Waals surface area contributed by atoms with E-state index in [1.54, 1.807) is 53.9 Å². The average molecular weight is 576 g/mol. The maximum absolute atomic E-state index is 15.2. The number of benzene rings is 2. The monoisotopic (exact) mass is 575 g/mol. The number of carbonyl (C=O) groups excluding carboxylic acids is 1. The van der Waals surface area contributed by atoms with Crippen molar-refractivity contribution >= 4 is 34.5 Å². The van der Waals surface area contributed by atoms with E-state index in [0.717, 1.165) is 5.69 Å². The lowest BCUT2D eigenvalue weighted by Gasteiger charge is -2.42. The number of ether oxygens (including phenoxy) is 1. The third kappa shape index (κ3) is 5.94. The van der Waals surface area contributed by atoms with Crippen LogP contribution in [0.15, 0.2) is 60.8 Å². The molecule has 0 bridgehead atoms. The lowest BCUT2D eigenvalue weighted by atomic mass is 10.1. The summed E-state index contributed by atoms with van der Waals surface area (Å²) in [5.74, 6) is -1.03. The summed E-state index contributed by atoms with van der Waals surface area (Å²) < 4.78 is 58.1. The first-order valence-electron chi connectivity index (χ1n) is 12.6. The van der Waals surface area contributed by atoms with E-state index >= 15 is 4.39 Å². The summed E-state index contributed by atoms with van der Waals surface area (Å²) in [6.07, 6.45) is -3.12. The van der Waals surface area contributed by atoms with E-state index in [4.69, 9.17) is 11.6 Å². The Labute approximate surface area is 232 Å². The van der Waals surface area contributed by atoms with Crippen LogP contribution in [0.4, 0.5) is 28.9 Å². The van der Waals surface area contributed by atoms with Gasteiger partial charge in [0.05, 0.1) is 16.4 Å². The number of nitrogens with one attached hydrogen (secondary N) is 1. The molecule has 0 aliphatic carbocycles. The van der Waals surface area contributed by atoms with E-state index in [2.05, 4.69) is 19.9 Å². The Kier molecular flexibility index (Phi) is 7.50. The van der Waals surface area contributed by atoms with Crippen molar-refractivity contribution in [2.75, 3.05) is 29.4 Å². The van der Waals surface area contributed by atoms with Gasteiger partial charge in [-0.05, 0) is 67.9 Å². The summed E-state index contributed by atoms with van der Waals surface area (Å²) in [6, 6.07) is 14.0. The first kappa shape index (κ1) is 27.6. The molecule has 40 heavy (non-hydrogen) atoms. The van der Waals surface area contributed by atoms with Crippen molar-refractivity contribution in [3.63, 3.8) is 0 Å². The van der Waals surface area contributed by atoms with Crippen LogP contribution >= 0.6 is 11.6 Å². The van der Waals surface area contributed by atoms with E-state index in [9.17, 15) is 18.0 Å². The topological polar surface area (TPSA) is 62.1 Å². The Balaban J connectivity index is 1.21. The molecule has 5 rings (SSSR count). The highest BCUT2D eigenvalue weighted by Crippen LogP contribution is 2.29. The molecule has 7 nitrogen and oxygen atoms in total. The minimum absolute atomic E-state index is 0.0243. The number of carbonyl (C=O) groups is 1. The molecule has 2 aromatic heterocycles. The van der Waals surface area contributed by atoms with Crippen LogP contribution in [0.5, 0.6) is 5.75 Å². The minimum atomic E-state index is -4.74. The van der Waals surface area contributed by atoms with Crippen LogP contribution in [0.1, 0.15) is 28.7 Å². The molecule has 2 aromatic carbocycles. The number of imidazole rings is 1. The second kappa shape index (κ2) is 10.9. The molecule has 0 spiro atoms. The summed E-state index contributed by atoms with van der Waals surface area (Å²) in [6.45, 7) is 5.44. The smallest absolute Gasteiger partial charge is 0.406 e. The first-order valence-corrected chi connectivity index (χ1v) is 12.9. The number of fused-ring (bicyclic) bond motifs is 1. The molecule has 210 valence electrons. The number of rotatable bonds is 6. The Morgan fingerprint density at radius 1 is 1.12 bits per heavy atom. The molecule has 1 fully saturated rings. The number of hydrogen-bond donors (Lipinski definition) is 1. The van der Waals surface area contributed by atoms with E-state index < -0.39 is 12.2 Å². The quantitative estimate of drug-likeness (QED) is 0.287. The number of amides is 1. The number of hydrogen-bond acceptors (Lipinski definition) is 5. The number of halogens is 5. The molecule has 4 aromatic rings. The van der Waals surface area contributed by atoms with Crippen LogP contribution in [0.3, 0.4) is 0 Å². The molecule has 1 aliphatic rings. The first-order chi connectivity index (χ1) is 19.0. The number of pyridine rings is 1. The lowest BCUT2D eigenvalue weighted by molar-refractivity contribution is -0.274. The molecule has 3 heterocycles. The molecular weight excluding hydrogens is 550 g/mol. The Hall–Kier alpha value is -3.99. The highest BCUT2D eigenvalue weighted by atomic mass is 35.5. The van der Waals surface area contributed by atoms with Gasteiger partial charge in [-0.2, -0.15) is 0 Å². The average Bonchev–Trinajstić information content (AvgIpc) is 3.22. The maximum Gasteiger partial charge on any atom is 0.573 e. The van der Waals surface area contributed by atoms with E-state index in [1.165, 1.54) is 18.2 Å². The molecule has 1 amide bonds. The highest BCUT2D eigenvalue weighted by molar-refractivity contribution is 6.30. The van der Waals surface area contributed by atoms with Gasteiger partial charge in [-0.25, -0.2) is 9.37 Å². The zero-order valence-corrected chi connectivity index (χ0v) is 22.4. The molecule has 0 radical (unpaired) electrons. The minimum Gasteiger partial charge on any atom is -0.406 e. The number of nitrogens with zero attached hydrogens (tertiary/aromatic N) is 4. The van der Waals surface area contributed by atoms with Gasteiger partial charge in [0, 0.05) is 44.1 Å². The number of aromatic nitrogens is 2. The fourth-order valence-corrected chi connectivity index (χ4v) is 5.15. The maximum atomic E-state index is 15.2. The van der Waals surface area contributed by atoms with Gasteiger partial charge in [-0.1, -0.05) is 17.7 Å². The third-order valence-electron chi connectivity index (χ3n) is 6.81. The number of piperazine rings is 1. The van der Waals surface area contributed by atoms with Gasteiger partial charge in [0.1, 0.15) is 22.9 Å². The SMILES string of the molecule is Cc1nc2ccc(Cl)cn2c1C(=O)NCc1ccc(N2CCN(c3ccc(OC(F)(F)F)cc3)[C@H](C)C2)c(F)c1. The van der Waals surface area contributed by atoms with Crippen molar-refractivity contribution < 1.29 is 27.1 Å². The van der Waals surface area contributed by atoms with E-state index in [-0.39, 0.29) is 24.2 Å². The van der Waals surface area contributed by atoms with Gasteiger partial charge in [-0.15, -0.1) is 13.2 Å². The predicted molar refractivity (Wildman–Crippen MR) is 145 cm³/mol. The van der Waals surface area contributed by atoms with E-state index in [0.29, 0.717) is 52.9 Å². The van der Waals surface area contributed by atoms with Gasteiger partial charge in [0.25, 0.3) is 5.91 Å². The largest absolute Gasteiger partial charge is 0.573 e. The van der Waals surface area contributed by atoms with Crippen molar-refractivity contribution in [3.05, 3.63) is 88.6 Å². The van der Waals surface area contributed by atoms with Gasteiger partial charge in [0.2, 0.25) is 0 Å². The fourth-order valence-electron chi connectivity index (χ4n) is 4.99. The molecule has 1 N–H and O–H groups in total. The molecule has 1 atom stereocenters. The predicted octanol–water partition coefficient (Wildman–Crippen LogP) is 5.98. The van der Waals surface area contributed by atoms with Crippen molar-refractivity contribution in [1.29, 1.82) is 0 Å². The van der Waals surface area contributed by atoms with E-state index in [1.807, 2.05) is 11.8 Å².